The van der Waals surface area contributed by atoms with Crippen LogP contribution in [0.5, 0.6) is 0 Å². The Kier molecular flexibility index (Phi) is 3.74. The molecule has 1 atom stereocenters. The van der Waals surface area contributed by atoms with Crippen LogP contribution in [0, 0.1) is 6.92 Å². The van der Waals surface area contributed by atoms with E-state index in [1.54, 1.807) is 17.6 Å². The Balaban J connectivity index is 2.09. The molecule has 0 aromatic carbocycles. The van der Waals surface area contributed by atoms with Gasteiger partial charge in [0.25, 0.3) is 0 Å². The molecule has 2 aromatic rings. The lowest BCUT2D eigenvalue weighted by molar-refractivity contribution is 0.414. The van der Waals surface area contributed by atoms with Crippen LogP contribution >= 0.6 is 11.3 Å². The summed E-state index contributed by atoms with van der Waals surface area (Å²) in [7, 11) is 0. The summed E-state index contributed by atoms with van der Waals surface area (Å²) in [6, 6.07) is 4.15. The van der Waals surface area contributed by atoms with E-state index < -0.39 is 0 Å². The highest BCUT2D eigenvalue weighted by atomic mass is 32.1. The summed E-state index contributed by atoms with van der Waals surface area (Å²) < 4.78 is 5.44. The van der Waals surface area contributed by atoms with Crippen LogP contribution in [0.1, 0.15) is 29.4 Å². The third kappa shape index (κ3) is 2.71. The molecule has 0 fully saturated rings. The van der Waals surface area contributed by atoms with Crippen molar-refractivity contribution in [2.45, 2.75) is 26.3 Å². The molecule has 2 heterocycles. The summed E-state index contributed by atoms with van der Waals surface area (Å²) in [5.41, 5.74) is 1.13. The quantitative estimate of drug-likeness (QED) is 0.867. The summed E-state index contributed by atoms with van der Waals surface area (Å²) in [6.07, 6.45) is 2.59. The standard InChI is InChI=1S/C12H16N2OS/c1-3-13-11(12-5-4-6-15-12)7-10-8-16-9(2)14-10/h4-6,8,11,13H,3,7H2,1-2H3. The number of nitrogens with zero attached hydrogens (tertiary/aromatic N) is 1. The molecule has 0 aliphatic carbocycles. The minimum Gasteiger partial charge on any atom is -0.468 e. The van der Waals surface area contributed by atoms with Crippen molar-refractivity contribution in [1.29, 1.82) is 0 Å². The van der Waals surface area contributed by atoms with Gasteiger partial charge in [-0.05, 0) is 25.6 Å². The second kappa shape index (κ2) is 5.27. The van der Waals surface area contributed by atoms with Gasteiger partial charge < -0.3 is 9.73 Å². The van der Waals surface area contributed by atoms with Crippen molar-refractivity contribution in [3.63, 3.8) is 0 Å². The van der Waals surface area contributed by atoms with E-state index in [0.29, 0.717) is 0 Å². The van der Waals surface area contributed by atoms with Crippen molar-refractivity contribution in [2.24, 2.45) is 0 Å². The van der Waals surface area contributed by atoms with Gasteiger partial charge in [0.15, 0.2) is 0 Å². The first-order chi connectivity index (χ1) is 7.79. The third-order valence-corrected chi connectivity index (χ3v) is 3.24. The number of hydrogen-bond acceptors (Lipinski definition) is 4. The zero-order valence-corrected chi connectivity index (χ0v) is 10.4. The fraction of sp³-hybridized carbons (Fsp3) is 0.417. The largest absolute Gasteiger partial charge is 0.468 e. The van der Waals surface area contributed by atoms with Gasteiger partial charge in [-0.2, -0.15) is 0 Å². The van der Waals surface area contributed by atoms with Gasteiger partial charge in [-0.25, -0.2) is 4.98 Å². The molecule has 2 rings (SSSR count). The average molecular weight is 236 g/mol. The van der Waals surface area contributed by atoms with Crippen LogP contribution in [0.15, 0.2) is 28.2 Å². The van der Waals surface area contributed by atoms with Crippen LogP contribution in [0.25, 0.3) is 0 Å². The maximum atomic E-state index is 5.44. The van der Waals surface area contributed by atoms with Gasteiger partial charge >= 0.3 is 0 Å². The molecule has 0 saturated heterocycles. The Hall–Kier alpha value is -1.13. The molecule has 0 radical (unpaired) electrons. The van der Waals surface area contributed by atoms with Gasteiger partial charge in [0, 0.05) is 11.8 Å². The topological polar surface area (TPSA) is 38.1 Å². The molecular formula is C12H16N2OS. The lowest BCUT2D eigenvalue weighted by atomic mass is 10.1. The van der Waals surface area contributed by atoms with Gasteiger partial charge in [0.05, 0.1) is 23.0 Å². The summed E-state index contributed by atoms with van der Waals surface area (Å²) in [5.74, 6) is 0.979. The first kappa shape index (κ1) is 11.4. The molecule has 0 spiro atoms. The normalized spacial score (nSPS) is 12.9. The van der Waals surface area contributed by atoms with Gasteiger partial charge in [-0.15, -0.1) is 11.3 Å². The molecule has 0 bridgehead atoms. The zero-order chi connectivity index (χ0) is 11.4. The molecule has 86 valence electrons. The van der Waals surface area contributed by atoms with E-state index in [9.17, 15) is 0 Å². The summed E-state index contributed by atoms with van der Waals surface area (Å²) >= 11 is 1.69. The zero-order valence-electron chi connectivity index (χ0n) is 9.56. The lowest BCUT2D eigenvalue weighted by Gasteiger charge is -2.13. The molecule has 1 N–H and O–H groups in total. The van der Waals surface area contributed by atoms with Crippen molar-refractivity contribution >= 4 is 11.3 Å². The fourth-order valence-electron chi connectivity index (χ4n) is 1.72. The molecule has 4 heteroatoms. The van der Waals surface area contributed by atoms with E-state index in [-0.39, 0.29) is 6.04 Å². The summed E-state index contributed by atoms with van der Waals surface area (Å²) in [6.45, 7) is 5.06. The number of thiazole rings is 1. The van der Waals surface area contributed by atoms with Crippen molar-refractivity contribution < 1.29 is 4.42 Å². The highest BCUT2D eigenvalue weighted by Crippen LogP contribution is 2.19. The van der Waals surface area contributed by atoms with Gasteiger partial charge in [-0.3, -0.25) is 0 Å². The third-order valence-electron chi connectivity index (χ3n) is 2.42. The fourth-order valence-corrected chi connectivity index (χ4v) is 2.35. The van der Waals surface area contributed by atoms with E-state index in [0.717, 1.165) is 29.4 Å². The predicted molar refractivity (Wildman–Crippen MR) is 65.7 cm³/mol. The van der Waals surface area contributed by atoms with Crippen LogP contribution in [0.2, 0.25) is 0 Å². The summed E-state index contributed by atoms with van der Waals surface area (Å²) in [4.78, 5) is 4.48. The lowest BCUT2D eigenvalue weighted by Crippen LogP contribution is -2.22. The van der Waals surface area contributed by atoms with E-state index in [4.69, 9.17) is 4.42 Å². The number of nitrogens with one attached hydrogen (secondary N) is 1. The number of likely N-dealkylation sites (N-methyl/N-ethyl adjacent to an activating group) is 1. The Bertz CT molecular complexity index is 422. The molecule has 16 heavy (non-hydrogen) atoms. The van der Waals surface area contributed by atoms with E-state index in [2.05, 4.69) is 22.6 Å². The second-order valence-corrected chi connectivity index (χ2v) is 4.75. The van der Waals surface area contributed by atoms with Gasteiger partial charge in [0.2, 0.25) is 0 Å². The minimum atomic E-state index is 0.224. The van der Waals surface area contributed by atoms with Crippen LogP contribution in [-0.2, 0) is 6.42 Å². The molecule has 0 amide bonds. The molecule has 2 aromatic heterocycles. The Morgan fingerprint density at radius 2 is 2.44 bits per heavy atom. The maximum absolute atomic E-state index is 5.44. The smallest absolute Gasteiger partial charge is 0.121 e. The van der Waals surface area contributed by atoms with Crippen molar-refractivity contribution in [2.75, 3.05) is 6.54 Å². The molecule has 0 aliphatic rings. The molecule has 1 unspecified atom stereocenters. The van der Waals surface area contributed by atoms with Crippen molar-refractivity contribution in [3.8, 4) is 0 Å². The Morgan fingerprint density at radius 1 is 1.56 bits per heavy atom. The molecule has 3 nitrogen and oxygen atoms in total. The van der Waals surface area contributed by atoms with E-state index in [1.165, 1.54) is 0 Å². The van der Waals surface area contributed by atoms with Crippen LogP contribution in [-0.4, -0.2) is 11.5 Å². The number of furan rings is 1. The first-order valence-corrected chi connectivity index (χ1v) is 6.35. The average Bonchev–Trinajstić information content (AvgIpc) is 2.88. The highest BCUT2D eigenvalue weighted by molar-refractivity contribution is 7.09. The molecular weight excluding hydrogens is 220 g/mol. The minimum absolute atomic E-state index is 0.224. The molecule has 0 saturated carbocycles. The van der Waals surface area contributed by atoms with Crippen LogP contribution < -0.4 is 5.32 Å². The predicted octanol–water partition coefficient (Wildman–Crippen LogP) is 2.94. The van der Waals surface area contributed by atoms with E-state index in [1.807, 2.05) is 19.1 Å². The second-order valence-electron chi connectivity index (χ2n) is 3.69. The van der Waals surface area contributed by atoms with Gasteiger partial charge in [-0.1, -0.05) is 6.92 Å². The highest BCUT2D eigenvalue weighted by Gasteiger charge is 2.15. The Labute approximate surface area is 99.5 Å². The molecule has 0 aliphatic heterocycles. The van der Waals surface area contributed by atoms with Crippen LogP contribution in [0.3, 0.4) is 0 Å². The van der Waals surface area contributed by atoms with Crippen molar-refractivity contribution in [3.05, 3.63) is 40.2 Å². The number of aromatic nitrogens is 1. The monoisotopic (exact) mass is 236 g/mol. The Morgan fingerprint density at radius 3 is 3.00 bits per heavy atom. The van der Waals surface area contributed by atoms with Crippen LogP contribution in [0.4, 0.5) is 0 Å². The SMILES string of the molecule is CCNC(Cc1csc(C)n1)c1ccco1. The number of aryl methyl sites for hydroxylation is 1. The van der Waals surface area contributed by atoms with E-state index >= 15 is 0 Å². The number of rotatable bonds is 5. The van der Waals surface area contributed by atoms with Gasteiger partial charge in [0.1, 0.15) is 5.76 Å². The number of hydrogen-bond donors (Lipinski definition) is 1. The van der Waals surface area contributed by atoms with Crippen molar-refractivity contribution in [1.82, 2.24) is 10.3 Å². The maximum Gasteiger partial charge on any atom is 0.121 e. The summed E-state index contributed by atoms with van der Waals surface area (Å²) in [5, 5.41) is 6.64. The first-order valence-electron chi connectivity index (χ1n) is 5.47.